The molecule has 2 atom stereocenters. The fraction of sp³-hybridized carbons (Fsp3) is 0.500. The standard InChI is InChI=1S/C28H40ClN3O6S/c1-7-20(3)30-28(34)25(8-2)31(19-21-11-14-23(37-4)15-12-21)27(33)10-9-17-32(39(6,35)36)22-13-16-26(38-5)24(29)18-22/h11-16,18,20,25H,7-10,17,19H2,1-6H3,(H,30,34). The van der Waals surface area contributed by atoms with Crippen molar-refractivity contribution in [2.24, 2.45) is 0 Å². The molecule has 2 aromatic rings. The fourth-order valence-corrected chi connectivity index (χ4v) is 5.31. The second-order valence-corrected chi connectivity index (χ2v) is 11.7. The number of carbonyl (C=O) groups excluding carboxylic acids is 2. The predicted octanol–water partition coefficient (Wildman–Crippen LogP) is 4.63. The Morgan fingerprint density at radius 1 is 1.03 bits per heavy atom. The summed E-state index contributed by atoms with van der Waals surface area (Å²) in [6.45, 7) is 6.08. The molecule has 0 saturated heterocycles. The van der Waals surface area contributed by atoms with Crippen LogP contribution in [0, 0.1) is 0 Å². The van der Waals surface area contributed by atoms with Gasteiger partial charge in [-0.15, -0.1) is 0 Å². The Morgan fingerprint density at radius 2 is 1.69 bits per heavy atom. The Kier molecular flexibility index (Phi) is 12.4. The van der Waals surface area contributed by atoms with Crippen LogP contribution >= 0.6 is 11.6 Å². The number of benzene rings is 2. The summed E-state index contributed by atoms with van der Waals surface area (Å²) in [5.41, 5.74) is 1.23. The van der Waals surface area contributed by atoms with Crippen molar-refractivity contribution in [2.45, 2.75) is 65.1 Å². The van der Waals surface area contributed by atoms with Gasteiger partial charge in [-0.25, -0.2) is 8.42 Å². The van der Waals surface area contributed by atoms with E-state index in [0.29, 0.717) is 23.6 Å². The third kappa shape index (κ3) is 9.32. The number of halogens is 1. The van der Waals surface area contributed by atoms with E-state index < -0.39 is 16.1 Å². The molecular formula is C28H40ClN3O6S. The third-order valence-corrected chi connectivity index (χ3v) is 7.96. The summed E-state index contributed by atoms with van der Waals surface area (Å²) in [6, 6.07) is 11.4. The van der Waals surface area contributed by atoms with Crippen molar-refractivity contribution in [3.05, 3.63) is 53.1 Å². The number of hydrogen-bond donors (Lipinski definition) is 1. The van der Waals surface area contributed by atoms with E-state index in [1.54, 1.807) is 24.1 Å². The van der Waals surface area contributed by atoms with Crippen molar-refractivity contribution in [3.63, 3.8) is 0 Å². The number of ether oxygens (including phenoxy) is 2. The van der Waals surface area contributed by atoms with Gasteiger partial charge in [-0.3, -0.25) is 13.9 Å². The SMILES string of the molecule is CCC(C)NC(=O)C(CC)N(Cc1ccc(OC)cc1)C(=O)CCCN(c1ccc(OC)c(Cl)c1)S(C)(=O)=O. The van der Waals surface area contributed by atoms with Crippen LogP contribution in [-0.4, -0.2) is 64.2 Å². The quantitative estimate of drug-likeness (QED) is 0.329. The van der Waals surface area contributed by atoms with Crippen LogP contribution in [0.15, 0.2) is 42.5 Å². The summed E-state index contributed by atoms with van der Waals surface area (Å²) in [6.07, 6.45) is 2.61. The molecule has 0 spiro atoms. The second kappa shape index (κ2) is 15.0. The minimum Gasteiger partial charge on any atom is -0.497 e. The van der Waals surface area contributed by atoms with Gasteiger partial charge in [-0.2, -0.15) is 0 Å². The molecule has 2 aromatic carbocycles. The highest BCUT2D eigenvalue weighted by Gasteiger charge is 2.29. The third-order valence-electron chi connectivity index (χ3n) is 6.47. The maximum atomic E-state index is 13.6. The molecule has 0 aliphatic carbocycles. The average Bonchev–Trinajstić information content (AvgIpc) is 2.90. The molecule has 1 N–H and O–H groups in total. The van der Waals surface area contributed by atoms with Gasteiger partial charge < -0.3 is 19.7 Å². The molecule has 0 bridgehead atoms. The van der Waals surface area contributed by atoms with Gasteiger partial charge in [0.25, 0.3) is 0 Å². The summed E-state index contributed by atoms with van der Waals surface area (Å²) in [4.78, 5) is 28.3. The number of nitrogens with one attached hydrogen (secondary N) is 1. The van der Waals surface area contributed by atoms with E-state index in [-0.39, 0.29) is 48.8 Å². The zero-order valence-electron chi connectivity index (χ0n) is 23.6. The molecule has 0 aromatic heterocycles. The zero-order chi connectivity index (χ0) is 29.2. The van der Waals surface area contributed by atoms with Gasteiger partial charge in [0.15, 0.2) is 0 Å². The number of amides is 2. The first-order valence-corrected chi connectivity index (χ1v) is 15.2. The van der Waals surface area contributed by atoms with Crippen molar-refractivity contribution >= 4 is 39.1 Å². The first kappa shape index (κ1) is 32.2. The minimum atomic E-state index is -3.65. The van der Waals surface area contributed by atoms with Gasteiger partial charge in [0.1, 0.15) is 17.5 Å². The Labute approximate surface area is 237 Å². The first-order valence-electron chi connectivity index (χ1n) is 13.0. The maximum Gasteiger partial charge on any atom is 0.243 e. The van der Waals surface area contributed by atoms with Crippen molar-refractivity contribution in [1.82, 2.24) is 10.2 Å². The monoisotopic (exact) mass is 581 g/mol. The van der Waals surface area contributed by atoms with Gasteiger partial charge in [0.2, 0.25) is 21.8 Å². The molecule has 9 nitrogen and oxygen atoms in total. The van der Waals surface area contributed by atoms with E-state index in [2.05, 4.69) is 5.32 Å². The van der Waals surface area contributed by atoms with Crippen molar-refractivity contribution in [2.75, 3.05) is 31.3 Å². The molecule has 0 fully saturated rings. The number of hydrogen-bond acceptors (Lipinski definition) is 6. The molecule has 39 heavy (non-hydrogen) atoms. The van der Waals surface area contributed by atoms with E-state index in [0.717, 1.165) is 18.2 Å². The van der Waals surface area contributed by atoms with Crippen LogP contribution < -0.4 is 19.1 Å². The summed E-state index contributed by atoms with van der Waals surface area (Å²) < 4.78 is 36.7. The average molecular weight is 582 g/mol. The maximum absolute atomic E-state index is 13.6. The number of methoxy groups -OCH3 is 2. The van der Waals surface area contributed by atoms with Gasteiger partial charge in [0.05, 0.1) is 31.2 Å². The van der Waals surface area contributed by atoms with Crippen molar-refractivity contribution in [3.8, 4) is 11.5 Å². The molecule has 216 valence electrons. The van der Waals surface area contributed by atoms with Crippen molar-refractivity contribution < 1.29 is 27.5 Å². The highest BCUT2D eigenvalue weighted by molar-refractivity contribution is 7.92. The number of nitrogens with zero attached hydrogens (tertiary/aromatic N) is 2. The molecule has 0 heterocycles. The van der Waals surface area contributed by atoms with E-state index in [1.807, 2.05) is 45.0 Å². The Bertz CT molecular complexity index is 1210. The van der Waals surface area contributed by atoms with Crippen LogP contribution in [0.3, 0.4) is 0 Å². The smallest absolute Gasteiger partial charge is 0.243 e. The largest absolute Gasteiger partial charge is 0.497 e. The van der Waals surface area contributed by atoms with E-state index >= 15 is 0 Å². The molecular weight excluding hydrogens is 542 g/mol. The lowest BCUT2D eigenvalue weighted by Crippen LogP contribution is -2.50. The van der Waals surface area contributed by atoms with Crippen LogP contribution in [-0.2, 0) is 26.2 Å². The lowest BCUT2D eigenvalue weighted by molar-refractivity contribution is -0.141. The molecule has 0 radical (unpaired) electrons. The molecule has 2 unspecified atom stereocenters. The zero-order valence-corrected chi connectivity index (χ0v) is 25.1. The van der Waals surface area contributed by atoms with Gasteiger partial charge >= 0.3 is 0 Å². The molecule has 2 amide bonds. The Hall–Kier alpha value is -2.98. The summed E-state index contributed by atoms with van der Waals surface area (Å²) in [5, 5.41) is 3.27. The van der Waals surface area contributed by atoms with Crippen LogP contribution in [0.25, 0.3) is 0 Å². The van der Waals surface area contributed by atoms with Gasteiger partial charge in [0, 0.05) is 25.6 Å². The Balaban J connectivity index is 2.25. The lowest BCUT2D eigenvalue weighted by atomic mass is 10.1. The second-order valence-electron chi connectivity index (χ2n) is 9.37. The molecule has 11 heteroatoms. The van der Waals surface area contributed by atoms with E-state index in [4.69, 9.17) is 21.1 Å². The van der Waals surface area contributed by atoms with Crippen LogP contribution in [0.1, 0.15) is 52.0 Å². The highest BCUT2D eigenvalue weighted by Crippen LogP contribution is 2.30. The van der Waals surface area contributed by atoms with E-state index in [1.165, 1.54) is 17.5 Å². The number of rotatable bonds is 15. The van der Waals surface area contributed by atoms with Crippen LogP contribution in [0.5, 0.6) is 11.5 Å². The number of anilines is 1. The summed E-state index contributed by atoms with van der Waals surface area (Å²) >= 11 is 6.22. The minimum absolute atomic E-state index is 0.0240. The summed E-state index contributed by atoms with van der Waals surface area (Å²) in [7, 11) is -0.588. The first-order chi connectivity index (χ1) is 18.4. The Morgan fingerprint density at radius 3 is 2.21 bits per heavy atom. The van der Waals surface area contributed by atoms with Crippen LogP contribution in [0.4, 0.5) is 5.69 Å². The van der Waals surface area contributed by atoms with Gasteiger partial charge in [-0.05, 0) is 62.1 Å². The van der Waals surface area contributed by atoms with Gasteiger partial charge in [-0.1, -0.05) is 37.6 Å². The highest BCUT2D eigenvalue weighted by atomic mass is 35.5. The lowest BCUT2D eigenvalue weighted by Gasteiger charge is -2.32. The normalized spacial score (nSPS) is 12.8. The summed E-state index contributed by atoms with van der Waals surface area (Å²) in [5.74, 6) is 0.676. The molecule has 0 saturated carbocycles. The number of carbonyl (C=O) groups is 2. The van der Waals surface area contributed by atoms with Crippen molar-refractivity contribution in [1.29, 1.82) is 0 Å². The molecule has 2 rings (SSSR count). The van der Waals surface area contributed by atoms with Crippen LogP contribution in [0.2, 0.25) is 5.02 Å². The number of sulfonamides is 1. The fourth-order valence-electron chi connectivity index (χ4n) is 4.10. The molecule has 0 aliphatic heterocycles. The predicted molar refractivity (Wildman–Crippen MR) is 155 cm³/mol. The topological polar surface area (TPSA) is 105 Å². The van der Waals surface area contributed by atoms with E-state index in [9.17, 15) is 18.0 Å². The molecule has 0 aliphatic rings.